The molecule has 288 valence electrons. The number of benzene rings is 13. The third kappa shape index (κ3) is 3.66. The Kier molecular flexibility index (Phi) is 5.57. The Labute approximate surface area is 365 Å². The largest absolute Gasteiger partial charge is 0.0622 e. The van der Waals surface area contributed by atoms with Gasteiger partial charge in [0.05, 0.1) is 0 Å². The molecule has 0 radical (unpaired) electrons. The molecule has 0 aliphatic carbocycles. The summed E-state index contributed by atoms with van der Waals surface area (Å²) in [6, 6.07) is 74.2. The molecule has 0 atom stereocenters. The van der Waals surface area contributed by atoms with E-state index >= 15 is 0 Å². The Morgan fingerprint density at radius 3 is 1.20 bits per heavy atom. The molecule has 0 fully saturated rings. The van der Waals surface area contributed by atoms with E-state index in [1.165, 1.54) is 173 Å². The normalized spacial score (nSPS) is 13.0. The van der Waals surface area contributed by atoms with Gasteiger partial charge >= 0.3 is 0 Å². The minimum atomic E-state index is 1.25. The van der Waals surface area contributed by atoms with E-state index in [4.69, 9.17) is 0 Å². The van der Waals surface area contributed by atoms with Gasteiger partial charge in [0.1, 0.15) is 0 Å². The van der Waals surface area contributed by atoms with E-state index < -0.39 is 0 Å². The molecular weight excluding hydrogens is 769 g/mol. The summed E-state index contributed by atoms with van der Waals surface area (Å²) in [7, 11) is 0. The minimum absolute atomic E-state index is 1.25. The Bertz CT molecular complexity index is 4740. The van der Waals surface area contributed by atoms with E-state index in [-0.39, 0.29) is 0 Å². The van der Waals surface area contributed by atoms with Gasteiger partial charge in [-0.1, -0.05) is 164 Å². The van der Waals surface area contributed by atoms with Crippen LogP contribution in [0.2, 0.25) is 0 Å². The van der Waals surface area contributed by atoms with Crippen molar-refractivity contribution in [3.8, 4) is 22.3 Å². The average molecular weight is 801 g/mol. The summed E-state index contributed by atoms with van der Waals surface area (Å²) >= 11 is 0. The van der Waals surface area contributed by atoms with Gasteiger partial charge < -0.3 is 0 Å². The number of hydrogen-bond acceptors (Lipinski definition) is 0. The molecule has 0 spiro atoms. The standard InChI is InChI=1S/C64H32/c1-3-10-33(11-4-1)35-28-36-30-56-49-25-22-44-42-20-23-47-53-31-51-41-17-9-16-39-37(34-12-5-2-6-13-34)18-19-46(58(39)41)52(51)32-54(53)48-24-21-43(59(42)61(47)48)45-26-27-50(62(49)60(44)45)63(56)64-40-15-8-7-14-38(40)55(29-35)57(36)64/h1-32H. The van der Waals surface area contributed by atoms with Crippen molar-refractivity contribution in [3.63, 3.8) is 0 Å². The first kappa shape index (κ1) is 32.4. The molecule has 17 aromatic carbocycles. The van der Waals surface area contributed by atoms with Crippen LogP contribution in [0.1, 0.15) is 0 Å². The first-order valence-corrected chi connectivity index (χ1v) is 22.6. The Morgan fingerprint density at radius 2 is 0.562 bits per heavy atom. The average Bonchev–Trinajstić information content (AvgIpc) is 4.07. The Hall–Kier alpha value is -8.32. The molecule has 17 aromatic rings. The van der Waals surface area contributed by atoms with Crippen molar-refractivity contribution in [1.29, 1.82) is 0 Å². The zero-order chi connectivity index (χ0) is 41.1. The number of hydrogen-bond donors (Lipinski definition) is 0. The third-order valence-electron chi connectivity index (χ3n) is 15.7. The fraction of sp³-hybridized carbons (Fsp3) is 0. The van der Waals surface area contributed by atoms with Crippen LogP contribution >= 0.6 is 0 Å². The molecule has 0 saturated heterocycles. The molecule has 0 N–H and O–H groups in total. The highest BCUT2D eigenvalue weighted by molar-refractivity contribution is 6.50. The molecule has 0 aromatic heterocycles. The summed E-state index contributed by atoms with van der Waals surface area (Å²) in [5, 5.41) is 38.0. The van der Waals surface area contributed by atoms with Crippen molar-refractivity contribution in [2.45, 2.75) is 0 Å². The molecular formula is C64H32. The maximum Gasteiger partial charge on any atom is -0.000784 e. The van der Waals surface area contributed by atoms with E-state index in [1.54, 1.807) is 0 Å². The first-order valence-electron chi connectivity index (χ1n) is 22.6. The van der Waals surface area contributed by atoms with Gasteiger partial charge in [-0.2, -0.15) is 0 Å². The Balaban J connectivity index is 0.963. The van der Waals surface area contributed by atoms with Crippen LogP contribution in [0.5, 0.6) is 0 Å². The van der Waals surface area contributed by atoms with Crippen molar-refractivity contribution >= 4 is 151 Å². The fourth-order valence-corrected chi connectivity index (χ4v) is 13.2. The highest BCUT2D eigenvalue weighted by Gasteiger charge is 2.26. The second-order valence-electron chi connectivity index (χ2n) is 18.5. The zero-order valence-corrected chi connectivity index (χ0v) is 34.5. The molecule has 0 aliphatic heterocycles. The van der Waals surface area contributed by atoms with Crippen molar-refractivity contribution in [2.75, 3.05) is 0 Å². The molecule has 0 heterocycles. The van der Waals surface area contributed by atoms with E-state index in [9.17, 15) is 0 Å². The lowest BCUT2D eigenvalue weighted by atomic mass is 9.88. The summed E-state index contributed by atoms with van der Waals surface area (Å²) in [5.74, 6) is 0. The number of rotatable bonds is 2. The van der Waals surface area contributed by atoms with Crippen LogP contribution in [0.15, 0.2) is 194 Å². The molecule has 0 unspecified atom stereocenters. The topological polar surface area (TPSA) is 0 Å². The van der Waals surface area contributed by atoms with Crippen molar-refractivity contribution in [1.82, 2.24) is 0 Å². The van der Waals surface area contributed by atoms with Gasteiger partial charge in [-0.05, 0) is 203 Å². The maximum atomic E-state index is 2.51. The molecule has 0 bridgehead atoms. The summed E-state index contributed by atoms with van der Waals surface area (Å²) in [6.45, 7) is 0. The van der Waals surface area contributed by atoms with Gasteiger partial charge in [-0.15, -0.1) is 0 Å². The van der Waals surface area contributed by atoms with E-state index in [0.717, 1.165) is 0 Å². The Morgan fingerprint density at radius 1 is 0.156 bits per heavy atom. The molecule has 64 heavy (non-hydrogen) atoms. The molecule has 0 amide bonds. The van der Waals surface area contributed by atoms with E-state index in [1.807, 2.05) is 0 Å². The number of fused-ring (bicyclic) bond motifs is 15. The first-order chi connectivity index (χ1) is 31.8. The second kappa shape index (κ2) is 11.0. The van der Waals surface area contributed by atoms with Crippen molar-refractivity contribution in [3.05, 3.63) is 194 Å². The van der Waals surface area contributed by atoms with Gasteiger partial charge in [0.15, 0.2) is 0 Å². The van der Waals surface area contributed by atoms with Gasteiger partial charge in [-0.25, -0.2) is 0 Å². The van der Waals surface area contributed by atoms with Crippen molar-refractivity contribution < 1.29 is 0 Å². The van der Waals surface area contributed by atoms with Crippen LogP contribution < -0.4 is 0 Å². The lowest BCUT2D eigenvalue weighted by Crippen LogP contribution is -1.87. The molecule has 0 saturated carbocycles. The van der Waals surface area contributed by atoms with Crippen LogP contribution in [-0.2, 0) is 0 Å². The summed E-state index contributed by atoms with van der Waals surface area (Å²) in [6.07, 6.45) is 0. The molecule has 0 nitrogen and oxygen atoms in total. The van der Waals surface area contributed by atoms with E-state index in [0.29, 0.717) is 0 Å². The summed E-state index contributed by atoms with van der Waals surface area (Å²) in [5.41, 5.74) is 5.08. The SMILES string of the molecule is c1ccc(-c2cc3cc4c5ccc6c7ccc8c9cc%10c(cc9c9ccc(c%11ccc(c5c6%11)c4c4c5ccccc5c(c2)c34)c7c89)c2ccc(-c3ccccc3)c3cccc%10c32)cc1. The lowest BCUT2D eigenvalue weighted by molar-refractivity contribution is 1.66. The van der Waals surface area contributed by atoms with E-state index in [2.05, 4.69) is 194 Å². The zero-order valence-electron chi connectivity index (χ0n) is 34.5. The third-order valence-corrected chi connectivity index (χ3v) is 15.7. The summed E-state index contributed by atoms with van der Waals surface area (Å²) < 4.78 is 0. The fourth-order valence-electron chi connectivity index (χ4n) is 13.2. The van der Waals surface area contributed by atoms with Gasteiger partial charge in [0, 0.05) is 0 Å². The highest BCUT2D eigenvalue weighted by atomic mass is 14.3. The molecule has 17 rings (SSSR count). The van der Waals surface area contributed by atoms with Crippen LogP contribution in [0.3, 0.4) is 0 Å². The maximum absolute atomic E-state index is 2.51. The molecule has 0 aliphatic rings. The van der Waals surface area contributed by atoms with Gasteiger partial charge in [-0.3, -0.25) is 0 Å². The van der Waals surface area contributed by atoms with Crippen LogP contribution in [0, 0.1) is 0 Å². The van der Waals surface area contributed by atoms with Gasteiger partial charge in [0.25, 0.3) is 0 Å². The molecule has 0 heteroatoms. The predicted octanol–water partition coefficient (Wildman–Crippen LogP) is 18.4. The second-order valence-corrected chi connectivity index (χ2v) is 18.5. The minimum Gasteiger partial charge on any atom is -0.0622 e. The van der Waals surface area contributed by atoms with Crippen LogP contribution in [0.25, 0.3) is 173 Å². The highest BCUT2D eigenvalue weighted by Crippen LogP contribution is 2.54. The summed E-state index contributed by atoms with van der Waals surface area (Å²) in [4.78, 5) is 0. The van der Waals surface area contributed by atoms with Crippen LogP contribution in [0.4, 0.5) is 0 Å². The predicted molar refractivity (Wildman–Crippen MR) is 278 cm³/mol. The monoisotopic (exact) mass is 800 g/mol. The smallest absolute Gasteiger partial charge is 0.000784 e. The van der Waals surface area contributed by atoms with Crippen LogP contribution in [-0.4, -0.2) is 0 Å². The lowest BCUT2D eigenvalue weighted by Gasteiger charge is -2.15. The van der Waals surface area contributed by atoms with Crippen molar-refractivity contribution in [2.24, 2.45) is 0 Å². The van der Waals surface area contributed by atoms with Gasteiger partial charge in [0.2, 0.25) is 0 Å². The quantitative estimate of drug-likeness (QED) is 0.121.